The van der Waals surface area contributed by atoms with Gasteiger partial charge in [0.15, 0.2) is 12.6 Å². The summed E-state index contributed by atoms with van der Waals surface area (Å²) in [5, 5.41) is 5.97. The minimum atomic E-state index is -0.237. The van der Waals surface area contributed by atoms with Gasteiger partial charge in [-0.2, -0.15) is 0 Å². The molecule has 2 amide bonds. The predicted molar refractivity (Wildman–Crippen MR) is 91.4 cm³/mol. The summed E-state index contributed by atoms with van der Waals surface area (Å²) in [6.45, 7) is 4.15. The van der Waals surface area contributed by atoms with E-state index in [9.17, 15) is 9.59 Å². The van der Waals surface area contributed by atoms with Gasteiger partial charge in [0.05, 0.1) is 7.05 Å². The summed E-state index contributed by atoms with van der Waals surface area (Å²) in [6, 6.07) is 7.78. The van der Waals surface area contributed by atoms with Crippen molar-refractivity contribution in [2.24, 2.45) is 0 Å². The molecule has 0 heterocycles. The second-order valence-corrected chi connectivity index (χ2v) is 6.65. The van der Waals surface area contributed by atoms with Crippen molar-refractivity contribution in [1.82, 2.24) is 5.32 Å². The molecule has 126 valence electrons. The zero-order valence-corrected chi connectivity index (χ0v) is 14.3. The molecule has 5 nitrogen and oxygen atoms in total. The molecule has 3 N–H and O–H groups in total. The van der Waals surface area contributed by atoms with Crippen molar-refractivity contribution in [2.75, 3.05) is 18.9 Å². The van der Waals surface area contributed by atoms with E-state index < -0.39 is 0 Å². The monoisotopic (exact) mass is 318 g/mol. The van der Waals surface area contributed by atoms with Gasteiger partial charge in [-0.1, -0.05) is 30.5 Å². The fraction of sp³-hybridized carbons (Fsp3) is 0.556. The average Bonchev–Trinajstić information content (AvgIpc) is 3.01. The number of quaternary nitrogens is 1. The number of anilines is 1. The van der Waals surface area contributed by atoms with Crippen LogP contribution in [0.15, 0.2) is 24.3 Å². The Morgan fingerprint density at radius 2 is 1.83 bits per heavy atom. The van der Waals surface area contributed by atoms with Crippen LogP contribution < -0.4 is 15.5 Å². The van der Waals surface area contributed by atoms with Gasteiger partial charge in [-0.25, -0.2) is 0 Å². The number of nitrogens with one attached hydrogen (secondary N) is 3. The van der Waals surface area contributed by atoms with Crippen LogP contribution in [0.5, 0.6) is 0 Å². The number of hydrogen-bond donors (Lipinski definition) is 3. The van der Waals surface area contributed by atoms with Gasteiger partial charge in [0.1, 0.15) is 0 Å². The molecule has 1 fully saturated rings. The molecule has 1 unspecified atom stereocenters. The number of aryl methyl sites for hydroxylation is 1. The zero-order chi connectivity index (χ0) is 16.8. The third-order valence-corrected chi connectivity index (χ3v) is 4.61. The molecule has 0 aromatic heterocycles. The van der Waals surface area contributed by atoms with Crippen molar-refractivity contribution < 1.29 is 14.5 Å². The number of rotatable bonds is 6. The smallest absolute Gasteiger partial charge is 0.279 e. The molecule has 0 radical (unpaired) electrons. The Kier molecular flexibility index (Phi) is 6.16. The molecule has 1 saturated carbocycles. The molecular formula is C18H28N3O2+. The number of carbonyl (C=O) groups is 2. The lowest BCUT2D eigenvalue weighted by molar-refractivity contribution is -0.885. The number of hydrogen-bond acceptors (Lipinski definition) is 2. The zero-order valence-electron chi connectivity index (χ0n) is 14.3. The minimum Gasteiger partial charge on any atom is -0.348 e. The van der Waals surface area contributed by atoms with Crippen LogP contribution in [-0.4, -0.2) is 37.5 Å². The van der Waals surface area contributed by atoms with Gasteiger partial charge in [0, 0.05) is 11.7 Å². The lowest BCUT2D eigenvalue weighted by Gasteiger charge is -2.22. The normalized spacial score (nSPS) is 17.5. The standard InChI is InChI=1S/C18H27N3O2/c1-13-8-10-16(11-9-13)19-17(22)12-21(3)14(2)18(23)20-15-6-4-5-7-15/h8-11,14-15H,4-7,12H2,1-3H3,(H,19,22)(H,20,23)/p+1/t14-/m0/s1. The van der Waals surface area contributed by atoms with E-state index in [-0.39, 0.29) is 24.4 Å². The van der Waals surface area contributed by atoms with Gasteiger partial charge in [-0.15, -0.1) is 0 Å². The largest absolute Gasteiger partial charge is 0.348 e. The van der Waals surface area contributed by atoms with Gasteiger partial charge in [-0.05, 0) is 38.8 Å². The van der Waals surface area contributed by atoms with Crippen molar-refractivity contribution in [1.29, 1.82) is 0 Å². The molecule has 0 bridgehead atoms. The summed E-state index contributed by atoms with van der Waals surface area (Å²) in [4.78, 5) is 25.3. The summed E-state index contributed by atoms with van der Waals surface area (Å²) in [6.07, 6.45) is 4.54. The van der Waals surface area contributed by atoms with Gasteiger partial charge >= 0.3 is 0 Å². The Labute approximate surface area is 138 Å². The van der Waals surface area contributed by atoms with Crippen molar-refractivity contribution >= 4 is 17.5 Å². The molecule has 1 aliphatic rings. The van der Waals surface area contributed by atoms with E-state index in [0.29, 0.717) is 6.04 Å². The SMILES string of the molecule is Cc1ccc(NC(=O)C[NH+](C)[C@@H](C)C(=O)NC2CCCC2)cc1. The molecule has 2 atom stereocenters. The lowest BCUT2D eigenvalue weighted by atomic mass is 10.2. The lowest BCUT2D eigenvalue weighted by Crippen LogP contribution is -3.15. The van der Waals surface area contributed by atoms with E-state index >= 15 is 0 Å². The maximum atomic E-state index is 12.3. The fourth-order valence-electron chi connectivity index (χ4n) is 2.87. The highest BCUT2D eigenvalue weighted by Crippen LogP contribution is 2.17. The van der Waals surface area contributed by atoms with Crippen molar-refractivity contribution in [3.63, 3.8) is 0 Å². The number of likely N-dealkylation sites (N-methyl/N-ethyl adjacent to an activating group) is 1. The average molecular weight is 318 g/mol. The second kappa shape index (κ2) is 8.11. The van der Waals surface area contributed by atoms with E-state index in [1.807, 2.05) is 45.2 Å². The predicted octanol–water partition coefficient (Wildman–Crippen LogP) is 0.896. The first-order chi connectivity index (χ1) is 11.0. The van der Waals surface area contributed by atoms with Gasteiger partial charge < -0.3 is 15.5 Å². The molecule has 0 spiro atoms. The molecule has 23 heavy (non-hydrogen) atoms. The van der Waals surface area contributed by atoms with Gasteiger partial charge in [-0.3, -0.25) is 9.59 Å². The Hall–Kier alpha value is -1.88. The van der Waals surface area contributed by atoms with Crippen molar-refractivity contribution in [3.8, 4) is 0 Å². The molecule has 1 aromatic carbocycles. The molecule has 1 aliphatic carbocycles. The molecule has 0 saturated heterocycles. The summed E-state index contributed by atoms with van der Waals surface area (Å²) in [7, 11) is 1.88. The third kappa shape index (κ3) is 5.36. The van der Waals surface area contributed by atoms with Crippen molar-refractivity contribution in [3.05, 3.63) is 29.8 Å². The summed E-state index contributed by atoms with van der Waals surface area (Å²) >= 11 is 0. The second-order valence-electron chi connectivity index (χ2n) is 6.65. The van der Waals surface area contributed by atoms with Crippen LogP contribution in [0.25, 0.3) is 0 Å². The molecule has 1 aromatic rings. The number of amides is 2. The van der Waals surface area contributed by atoms with Gasteiger partial charge in [0.2, 0.25) is 0 Å². The van der Waals surface area contributed by atoms with E-state index in [4.69, 9.17) is 0 Å². The summed E-state index contributed by atoms with van der Waals surface area (Å²) in [5.41, 5.74) is 1.94. The first kappa shape index (κ1) is 17.5. The third-order valence-electron chi connectivity index (χ3n) is 4.61. The molecular weight excluding hydrogens is 290 g/mol. The molecule has 5 heteroatoms. The quantitative estimate of drug-likeness (QED) is 0.730. The van der Waals surface area contributed by atoms with E-state index in [0.717, 1.165) is 29.0 Å². The molecule has 0 aliphatic heterocycles. The Balaban J connectivity index is 1.79. The van der Waals surface area contributed by atoms with E-state index in [1.165, 1.54) is 12.8 Å². The topological polar surface area (TPSA) is 62.6 Å². The Morgan fingerprint density at radius 3 is 2.43 bits per heavy atom. The first-order valence-electron chi connectivity index (χ1n) is 8.45. The maximum Gasteiger partial charge on any atom is 0.279 e. The van der Waals surface area contributed by atoms with Crippen LogP contribution in [0.3, 0.4) is 0 Å². The van der Waals surface area contributed by atoms with Crippen molar-refractivity contribution in [2.45, 2.75) is 51.6 Å². The molecule has 2 rings (SSSR count). The van der Waals surface area contributed by atoms with E-state index in [2.05, 4.69) is 10.6 Å². The van der Waals surface area contributed by atoms with Crippen LogP contribution in [0.2, 0.25) is 0 Å². The van der Waals surface area contributed by atoms with Crippen LogP contribution in [0, 0.1) is 6.92 Å². The highest BCUT2D eigenvalue weighted by Gasteiger charge is 2.26. The van der Waals surface area contributed by atoms with E-state index in [1.54, 1.807) is 0 Å². The first-order valence-corrected chi connectivity index (χ1v) is 8.45. The maximum absolute atomic E-state index is 12.3. The van der Waals surface area contributed by atoms with Gasteiger partial charge in [0.25, 0.3) is 11.8 Å². The fourth-order valence-corrected chi connectivity index (χ4v) is 2.87. The van der Waals surface area contributed by atoms with Crippen LogP contribution >= 0.6 is 0 Å². The summed E-state index contributed by atoms with van der Waals surface area (Å²) in [5.74, 6) is -0.0376. The number of carbonyl (C=O) groups excluding carboxylic acids is 2. The highest BCUT2D eigenvalue weighted by molar-refractivity contribution is 5.91. The Bertz CT molecular complexity index is 536. The Morgan fingerprint density at radius 1 is 1.22 bits per heavy atom. The van der Waals surface area contributed by atoms with Crippen LogP contribution in [0.4, 0.5) is 5.69 Å². The number of benzene rings is 1. The highest BCUT2D eigenvalue weighted by atomic mass is 16.2. The van der Waals surface area contributed by atoms with Crippen LogP contribution in [0.1, 0.15) is 38.2 Å². The summed E-state index contributed by atoms with van der Waals surface area (Å²) < 4.78 is 0. The minimum absolute atomic E-state index is 0.0394. The van der Waals surface area contributed by atoms with Crippen LogP contribution in [-0.2, 0) is 9.59 Å².